The third-order valence-corrected chi connectivity index (χ3v) is 3.14. The van der Waals surface area contributed by atoms with Gasteiger partial charge in [-0.05, 0) is 32.9 Å². The van der Waals surface area contributed by atoms with Crippen LogP contribution in [0.1, 0.15) is 27.2 Å². The number of hydrogen-bond donors (Lipinski definition) is 3. The lowest BCUT2D eigenvalue weighted by Gasteiger charge is -2.16. The van der Waals surface area contributed by atoms with Crippen molar-refractivity contribution < 1.29 is 43.9 Å². The fourth-order valence-electron chi connectivity index (χ4n) is 1.56. The number of hydrogen-bond acceptors (Lipinski definition) is 9. The lowest BCUT2D eigenvalue weighted by molar-refractivity contribution is -0.149. The molecule has 0 heterocycles. The molecule has 0 aliphatic heterocycles. The van der Waals surface area contributed by atoms with Crippen LogP contribution >= 0.6 is 0 Å². The molecule has 3 N–H and O–H groups in total. The third-order valence-electron chi connectivity index (χ3n) is 3.14. The second-order valence-electron chi connectivity index (χ2n) is 5.61. The van der Waals surface area contributed by atoms with Gasteiger partial charge in [0.1, 0.15) is 18.3 Å². The van der Waals surface area contributed by atoms with E-state index in [1.807, 2.05) is 0 Å². The minimum absolute atomic E-state index is 0.0999. The Morgan fingerprint density at radius 3 is 1.88 bits per heavy atom. The summed E-state index contributed by atoms with van der Waals surface area (Å²) in [5.41, 5.74) is 0. The summed E-state index contributed by atoms with van der Waals surface area (Å²) >= 11 is 0. The van der Waals surface area contributed by atoms with Gasteiger partial charge in [0.25, 0.3) is 0 Å². The van der Waals surface area contributed by atoms with Crippen molar-refractivity contribution in [2.75, 3.05) is 7.11 Å². The molecule has 148 valence electrons. The van der Waals surface area contributed by atoms with Crippen LogP contribution in [-0.2, 0) is 28.6 Å². The largest absolute Gasteiger partial charge is 0.469 e. The number of aliphatic hydroxyl groups is 3. The van der Waals surface area contributed by atoms with Crippen LogP contribution in [0.25, 0.3) is 0 Å². The summed E-state index contributed by atoms with van der Waals surface area (Å²) in [6, 6.07) is 0. The van der Waals surface area contributed by atoms with Crippen molar-refractivity contribution in [1.82, 2.24) is 0 Å². The van der Waals surface area contributed by atoms with Crippen LogP contribution in [0.3, 0.4) is 0 Å². The van der Waals surface area contributed by atoms with E-state index in [1.54, 1.807) is 0 Å². The zero-order chi connectivity index (χ0) is 20.3. The Morgan fingerprint density at radius 1 is 0.885 bits per heavy atom. The molecule has 0 spiro atoms. The fraction of sp³-hybridized carbons (Fsp3) is 0.588. The first-order valence-electron chi connectivity index (χ1n) is 7.95. The maximum Gasteiger partial charge on any atom is 0.330 e. The molecule has 0 bridgehead atoms. The van der Waals surface area contributed by atoms with Gasteiger partial charge < -0.3 is 29.5 Å². The van der Waals surface area contributed by atoms with Crippen LogP contribution in [-0.4, -0.2) is 70.9 Å². The summed E-state index contributed by atoms with van der Waals surface area (Å²) in [5, 5.41) is 28.2. The molecular weight excluding hydrogens is 348 g/mol. The molecule has 0 rings (SSSR count). The number of aliphatic hydroxyl groups excluding tert-OH is 3. The summed E-state index contributed by atoms with van der Waals surface area (Å²) in [6.45, 7) is 4.26. The van der Waals surface area contributed by atoms with Crippen LogP contribution in [0.15, 0.2) is 24.3 Å². The molecule has 26 heavy (non-hydrogen) atoms. The first-order chi connectivity index (χ1) is 12.1. The van der Waals surface area contributed by atoms with E-state index in [1.165, 1.54) is 27.9 Å². The summed E-state index contributed by atoms with van der Waals surface area (Å²) in [4.78, 5) is 34.1. The summed E-state index contributed by atoms with van der Waals surface area (Å²) in [7, 11) is 1.22. The number of ether oxygens (including phenoxy) is 3. The number of rotatable bonds is 10. The second kappa shape index (κ2) is 12.2. The Morgan fingerprint density at radius 2 is 1.38 bits per heavy atom. The van der Waals surface area contributed by atoms with E-state index in [0.29, 0.717) is 0 Å². The predicted molar refractivity (Wildman–Crippen MR) is 89.7 cm³/mol. The first kappa shape index (κ1) is 23.8. The molecule has 0 unspecified atom stereocenters. The molecule has 0 aromatic rings. The standard InChI is InChI=1S/C17H26O9/c1-10(9-17(23)24-4)25-15(21)8-6-14(20)12(3)26-16(22)7-5-13(19)11(2)18/h5-8,10-14,18-20H,9H2,1-4H3/b7-5+,8-6+/t10-,11-,12-,13+,14+/m0/s1. The Labute approximate surface area is 151 Å². The van der Waals surface area contributed by atoms with Gasteiger partial charge in [0.05, 0.1) is 25.7 Å². The molecule has 5 atom stereocenters. The van der Waals surface area contributed by atoms with Gasteiger partial charge in [-0.3, -0.25) is 4.79 Å². The van der Waals surface area contributed by atoms with Gasteiger partial charge in [0.15, 0.2) is 0 Å². The Bertz CT molecular complexity index is 524. The molecule has 0 amide bonds. The van der Waals surface area contributed by atoms with Crippen LogP contribution < -0.4 is 0 Å². The molecule has 0 aromatic carbocycles. The zero-order valence-corrected chi connectivity index (χ0v) is 15.2. The number of esters is 3. The Balaban J connectivity index is 4.41. The summed E-state index contributed by atoms with van der Waals surface area (Å²) < 4.78 is 14.2. The average Bonchev–Trinajstić information content (AvgIpc) is 2.56. The highest BCUT2D eigenvalue weighted by Gasteiger charge is 2.17. The van der Waals surface area contributed by atoms with Crippen molar-refractivity contribution in [3.05, 3.63) is 24.3 Å². The van der Waals surface area contributed by atoms with Crippen LogP contribution in [0.2, 0.25) is 0 Å². The van der Waals surface area contributed by atoms with E-state index >= 15 is 0 Å². The minimum atomic E-state index is -1.28. The van der Waals surface area contributed by atoms with Gasteiger partial charge in [0, 0.05) is 12.2 Å². The van der Waals surface area contributed by atoms with Crippen molar-refractivity contribution in [1.29, 1.82) is 0 Å². The molecule has 0 saturated carbocycles. The maximum atomic E-state index is 11.6. The van der Waals surface area contributed by atoms with Gasteiger partial charge in [-0.15, -0.1) is 0 Å². The van der Waals surface area contributed by atoms with Crippen molar-refractivity contribution in [3.63, 3.8) is 0 Å². The summed E-state index contributed by atoms with van der Waals surface area (Å²) in [5.74, 6) is -2.14. The molecular formula is C17H26O9. The zero-order valence-electron chi connectivity index (χ0n) is 15.2. The maximum absolute atomic E-state index is 11.6. The molecule has 0 radical (unpaired) electrons. The van der Waals surface area contributed by atoms with Crippen LogP contribution in [0.5, 0.6) is 0 Å². The van der Waals surface area contributed by atoms with E-state index in [4.69, 9.17) is 14.6 Å². The summed E-state index contributed by atoms with van der Waals surface area (Å²) in [6.07, 6.45) is -1.30. The van der Waals surface area contributed by atoms with Gasteiger partial charge in [-0.1, -0.05) is 0 Å². The van der Waals surface area contributed by atoms with Crippen molar-refractivity contribution in [3.8, 4) is 0 Å². The van der Waals surface area contributed by atoms with Crippen molar-refractivity contribution in [2.45, 2.75) is 57.7 Å². The molecule has 0 saturated heterocycles. The van der Waals surface area contributed by atoms with Gasteiger partial charge in [0.2, 0.25) is 0 Å². The van der Waals surface area contributed by atoms with E-state index in [0.717, 1.165) is 24.3 Å². The van der Waals surface area contributed by atoms with Crippen molar-refractivity contribution in [2.24, 2.45) is 0 Å². The average molecular weight is 374 g/mol. The minimum Gasteiger partial charge on any atom is -0.469 e. The Kier molecular flexibility index (Phi) is 11.1. The lowest BCUT2D eigenvalue weighted by Crippen LogP contribution is -2.27. The molecule has 0 aromatic heterocycles. The van der Waals surface area contributed by atoms with Gasteiger partial charge in [-0.25, -0.2) is 9.59 Å². The van der Waals surface area contributed by atoms with E-state index < -0.39 is 48.4 Å². The molecule has 9 nitrogen and oxygen atoms in total. The van der Waals surface area contributed by atoms with E-state index in [2.05, 4.69) is 4.74 Å². The predicted octanol–water partition coefficient (Wildman–Crippen LogP) is -0.372. The van der Waals surface area contributed by atoms with Crippen LogP contribution in [0, 0.1) is 0 Å². The fourth-order valence-corrected chi connectivity index (χ4v) is 1.56. The highest BCUT2D eigenvalue weighted by atomic mass is 16.6. The normalized spacial score (nSPS) is 17.3. The molecule has 9 heteroatoms. The van der Waals surface area contributed by atoms with E-state index in [-0.39, 0.29) is 6.42 Å². The first-order valence-corrected chi connectivity index (χ1v) is 7.95. The molecule has 0 aliphatic carbocycles. The number of carbonyl (C=O) groups is 3. The molecule has 0 fully saturated rings. The lowest BCUT2D eigenvalue weighted by atomic mass is 10.2. The van der Waals surface area contributed by atoms with E-state index in [9.17, 15) is 24.6 Å². The molecule has 0 aliphatic rings. The SMILES string of the molecule is COC(=O)C[C@H](C)OC(=O)/C=C/[C@@H](O)[C@H](C)OC(=O)/C=C/[C@@H](O)[C@H](C)O. The monoisotopic (exact) mass is 374 g/mol. The second-order valence-corrected chi connectivity index (χ2v) is 5.61. The highest BCUT2D eigenvalue weighted by molar-refractivity contribution is 5.83. The quantitative estimate of drug-likeness (QED) is 0.265. The number of methoxy groups -OCH3 is 1. The smallest absolute Gasteiger partial charge is 0.330 e. The Hall–Kier alpha value is -2.23. The van der Waals surface area contributed by atoms with Gasteiger partial charge >= 0.3 is 17.9 Å². The topological polar surface area (TPSA) is 140 Å². The third kappa shape index (κ3) is 10.6. The number of carbonyl (C=O) groups excluding carboxylic acids is 3. The van der Waals surface area contributed by atoms with Crippen LogP contribution in [0.4, 0.5) is 0 Å². The van der Waals surface area contributed by atoms with Gasteiger partial charge in [-0.2, -0.15) is 0 Å². The van der Waals surface area contributed by atoms with Crippen molar-refractivity contribution >= 4 is 17.9 Å². The highest BCUT2D eigenvalue weighted by Crippen LogP contribution is 2.05.